The van der Waals surface area contributed by atoms with Gasteiger partial charge in [-0.25, -0.2) is 13.8 Å². The Balaban J connectivity index is 2.65. The highest BCUT2D eigenvalue weighted by Gasteiger charge is 2.23. The Morgan fingerprint density at radius 3 is 2.55 bits per heavy atom. The SMILES string of the molecule is Cc1nc(CC(C)(F)F)n[nH]1. The van der Waals surface area contributed by atoms with E-state index in [1.807, 2.05) is 0 Å². The third-order valence-corrected chi connectivity index (χ3v) is 1.11. The molecule has 0 radical (unpaired) electrons. The van der Waals surface area contributed by atoms with Crippen LogP contribution in [0, 0.1) is 6.92 Å². The Labute approximate surface area is 62.8 Å². The first-order chi connectivity index (χ1) is 4.97. The van der Waals surface area contributed by atoms with Crippen molar-refractivity contribution >= 4 is 0 Å². The molecule has 0 saturated carbocycles. The highest BCUT2D eigenvalue weighted by molar-refractivity contribution is 4.90. The number of nitrogens with one attached hydrogen (secondary N) is 1. The number of rotatable bonds is 2. The fraction of sp³-hybridized carbons (Fsp3) is 0.667. The molecular formula is C6H9F2N3. The standard InChI is InChI=1S/C6H9F2N3/c1-4-9-5(11-10-4)3-6(2,7)8/h3H2,1-2H3,(H,9,10,11). The van der Waals surface area contributed by atoms with E-state index in [1.54, 1.807) is 6.92 Å². The van der Waals surface area contributed by atoms with Crippen LogP contribution in [-0.2, 0) is 6.42 Å². The lowest BCUT2D eigenvalue weighted by molar-refractivity contribution is 0.0206. The molecule has 0 saturated heterocycles. The number of aromatic amines is 1. The van der Waals surface area contributed by atoms with E-state index in [4.69, 9.17) is 0 Å². The molecule has 1 heterocycles. The first-order valence-corrected chi connectivity index (χ1v) is 3.23. The minimum absolute atomic E-state index is 0.162. The maximum Gasteiger partial charge on any atom is 0.252 e. The van der Waals surface area contributed by atoms with E-state index in [-0.39, 0.29) is 5.82 Å². The largest absolute Gasteiger partial charge is 0.263 e. The van der Waals surface area contributed by atoms with Crippen LogP contribution in [0.5, 0.6) is 0 Å². The minimum atomic E-state index is -2.73. The first-order valence-electron chi connectivity index (χ1n) is 3.23. The van der Waals surface area contributed by atoms with Gasteiger partial charge >= 0.3 is 0 Å². The zero-order chi connectivity index (χ0) is 8.48. The van der Waals surface area contributed by atoms with Crippen molar-refractivity contribution in [1.82, 2.24) is 15.2 Å². The summed E-state index contributed by atoms with van der Waals surface area (Å²) in [5.41, 5.74) is 0. The second kappa shape index (κ2) is 2.56. The predicted octanol–water partition coefficient (Wildman–Crippen LogP) is 1.31. The summed E-state index contributed by atoms with van der Waals surface area (Å²) in [6.45, 7) is 2.52. The maximum absolute atomic E-state index is 12.3. The molecule has 0 aliphatic carbocycles. The van der Waals surface area contributed by atoms with Crippen LogP contribution in [-0.4, -0.2) is 21.1 Å². The number of nitrogens with zero attached hydrogens (tertiary/aromatic N) is 2. The Bertz CT molecular complexity index is 238. The van der Waals surface area contributed by atoms with Crippen LogP contribution in [0.3, 0.4) is 0 Å². The molecule has 0 bridgehead atoms. The van der Waals surface area contributed by atoms with Crippen molar-refractivity contribution in [3.05, 3.63) is 11.6 Å². The number of aromatic nitrogens is 3. The van der Waals surface area contributed by atoms with Crippen molar-refractivity contribution in [3.63, 3.8) is 0 Å². The molecule has 0 aliphatic rings. The molecule has 0 amide bonds. The molecule has 1 rings (SSSR count). The van der Waals surface area contributed by atoms with Gasteiger partial charge in [0.2, 0.25) is 0 Å². The Hall–Kier alpha value is -1.00. The summed E-state index contributed by atoms with van der Waals surface area (Å²) < 4.78 is 24.6. The lowest BCUT2D eigenvalue weighted by atomic mass is 10.2. The van der Waals surface area contributed by atoms with Gasteiger partial charge in [0.15, 0.2) is 5.82 Å². The second-order valence-corrected chi connectivity index (χ2v) is 2.58. The van der Waals surface area contributed by atoms with E-state index in [9.17, 15) is 8.78 Å². The molecule has 0 unspecified atom stereocenters. The van der Waals surface area contributed by atoms with Gasteiger partial charge in [-0.2, -0.15) is 5.10 Å². The van der Waals surface area contributed by atoms with Gasteiger partial charge < -0.3 is 0 Å². The van der Waals surface area contributed by atoms with Crippen LogP contribution in [0.2, 0.25) is 0 Å². The third-order valence-electron chi connectivity index (χ3n) is 1.11. The molecule has 0 fully saturated rings. The van der Waals surface area contributed by atoms with Gasteiger partial charge in [-0.1, -0.05) is 0 Å². The van der Waals surface area contributed by atoms with Gasteiger partial charge in [-0.15, -0.1) is 0 Å². The monoisotopic (exact) mass is 161 g/mol. The van der Waals surface area contributed by atoms with E-state index in [0.717, 1.165) is 6.92 Å². The molecule has 0 spiro atoms. The average Bonchev–Trinajstić information content (AvgIpc) is 2.10. The van der Waals surface area contributed by atoms with Crippen LogP contribution in [0.4, 0.5) is 8.78 Å². The normalized spacial score (nSPS) is 12.0. The summed E-state index contributed by atoms with van der Waals surface area (Å²) >= 11 is 0. The fourth-order valence-corrected chi connectivity index (χ4v) is 0.746. The number of H-pyrrole nitrogens is 1. The smallest absolute Gasteiger partial charge is 0.252 e. The molecule has 0 atom stereocenters. The molecule has 1 aromatic heterocycles. The Kier molecular flexibility index (Phi) is 1.89. The second-order valence-electron chi connectivity index (χ2n) is 2.58. The zero-order valence-electron chi connectivity index (χ0n) is 6.36. The Morgan fingerprint density at radius 2 is 2.18 bits per heavy atom. The summed E-state index contributed by atoms with van der Waals surface area (Å²) in [6, 6.07) is 0. The molecule has 0 aromatic carbocycles. The fourth-order valence-electron chi connectivity index (χ4n) is 0.746. The maximum atomic E-state index is 12.3. The number of hydrogen-bond donors (Lipinski definition) is 1. The molecule has 62 valence electrons. The van der Waals surface area contributed by atoms with Crippen molar-refractivity contribution in [2.75, 3.05) is 0 Å². The lowest BCUT2D eigenvalue weighted by Crippen LogP contribution is -2.14. The molecule has 11 heavy (non-hydrogen) atoms. The summed E-state index contributed by atoms with van der Waals surface area (Å²) in [5, 5.41) is 6.08. The molecule has 3 nitrogen and oxygen atoms in total. The third kappa shape index (κ3) is 2.61. The minimum Gasteiger partial charge on any atom is -0.263 e. The van der Waals surface area contributed by atoms with Crippen LogP contribution in [0.15, 0.2) is 0 Å². The molecule has 5 heteroatoms. The van der Waals surface area contributed by atoms with E-state index in [0.29, 0.717) is 5.82 Å². The highest BCUT2D eigenvalue weighted by atomic mass is 19.3. The van der Waals surface area contributed by atoms with E-state index >= 15 is 0 Å². The van der Waals surface area contributed by atoms with Crippen molar-refractivity contribution < 1.29 is 8.78 Å². The van der Waals surface area contributed by atoms with E-state index in [2.05, 4.69) is 15.2 Å². The highest BCUT2D eigenvalue weighted by Crippen LogP contribution is 2.15. The van der Waals surface area contributed by atoms with Crippen LogP contribution < -0.4 is 0 Å². The van der Waals surface area contributed by atoms with Gasteiger partial charge in [0, 0.05) is 0 Å². The molecule has 1 aromatic rings. The number of alkyl halides is 2. The summed E-state index contributed by atoms with van der Waals surface area (Å²) in [6.07, 6.45) is -0.405. The van der Waals surface area contributed by atoms with Crippen molar-refractivity contribution in [2.24, 2.45) is 0 Å². The summed E-state index contributed by atoms with van der Waals surface area (Å²) in [4.78, 5) is 3.75. The van der Waals surface area contributed by atoms with Gasteiger partial charge in [0.1, 0.15) is 5.82 Å². The van der Waals surface area contributed by atoms with Gasteiger partial charge in [0.05, 0.1) is 6.42 Å². The molecular weight excluding hydrogens is 152 g/mol. The topological polar surface area (TPSA) is 41.6 Å². The first kappa shape index (κ1) is 8.10. The lowest BCUT2D eigenvalue weighted by Gasteiger charge is -2.04. The Morgan fingerprint density at radius 1 is 1.55 bits per heavy atom. The van der Waals surface area contributed by atoms with E-state index < -0.39 is 12.3 Å². The van der Waals surface area contributed by atoms with Gasteiger partial charge in [0.25, 0.3) is 5.92 Å². The quantitative estimate of drug-likeness (QED) is 0.710. The zero-order valence-corrected chi connectivity index (χ0v) is 6.36. The average molecular weight is 161 g/mol. The number of hydrogen-bond acceptors (Lipinski definition) is 2. The van der Waals surface area contributed by atoms with Crippen LogP contribution in [0.25, 0.3) is 0 Å². The van der Waals surface area contributed by atoms with Crippen molar-refractivity contribution in [3.8, 4) is 0 Å². The number of halogens is 2. The van der Waals surface area contributed by atoms with Gasteiger partial charge in [-0.05, 0) is 13.8 Å². The molecule has 1 N–H and O–H groups in total. The van der Waals surface area contributed by atoms with Crippen molar-refractivity contribution in [1.29, 1.82) is 0 Å². The van der Waals surface area contributed by atoms with Crippen molar-refractivity contribution in [2.45, 2.75) is 26.2 Å². The number of aryl methyl sites for hydroxylation is 1. The summed E-state index contributed by atoms with van der Waals surface area (Å²) in [7, 11) is 0. The van der Waals surface area contributed by atoms with Gasteiger partial charge in [-0.3, -0.25) is 5.10 Å². The van der Waals surface area contributed by atoms with E-state index in [1.165, 1.54) is 0 Å². The van der Waals surface area contributed by atoms with Crippen LogP contribution in [0.1, 0.15) is 18.6 Å². The predicted molar refractivity (Wildman–Crippen MR) is 35.4 cm³/mol. The van der Waals surface area contributed by atoms with Crippen LogP contribution >= 0.6 is 0 Å². The molecule has 0 aliphatic heterocycles. The summed E-state index contributed by atoms with van der Waals surface area (Å²) in [5.74, 6) is -2.01.